The van der Waals surface area contributed by atoms with E-state index < -0.39 is 16.9 Å². The summed E-state index contributed by atoms with van der Waals surface area (Å²) >= 11 is 0. The first-order valence-electron chi connectivity index (χ1n) is 14.4. The molecule has 10 atom stereocenters. The minimum absolute atomic E-state index is 0.0163. The van der Waals surface area contributed by atoms with Crippen molar-refractivity contribution in [3.05, 3.63) is 11.6 Å². The Morgan fingerprint density at radius 3 is 2.28 bits per heavy atom. The lowest BCUT2D eigenvalue weighted by atomic mass is 9.33. The summed E-state index contributed by atoms with van der Waals surface area (Å²) in [5, 5.41) is 33.5. The van der Waals surface area contributed by atoms with Crippen LogP contribution in [0.3, 0.4) is 0 Å². The van der Waals surface area contributed by atoms with Crippen LogP contribution in [-0.2, 0) is 9.53 Å². The molecular formula is C31H50O5. The van der Waals surface area contributed by atoms with E-state index in [0.29, 0.717) is 37.5 Å². The average molecular weight is 503 g/mol. The fraction of sp³-hybridized carbons (Fsp3) is 0.903. The maximum absolute atomic E-state index is 12.9. The first-order chi connectivity index (χ1) is 16.7. The van der Waals surface area contributed by atoms with Crippen LogP contribution in [0.15, 0.2) is 11.6 Å². The van der Waals surface area contributed by atoms with Gasteiger partial charge in [0, 0.05) is 5.41 Å². The molecule has 4 saturated carbocycles. The van der Waals surface area contributed by atoms with E-state index in [2.05, 4.69) is 40.7 Å². The SMILES string of the molecule is COC(=O)[C@@]1(C)CC[C@]2(CO)[C@H](O)C[C@]3(C)C(=CC[C@@H]4[C@@]5(C)CC[C@H](O)C(C)(C)[C@@H]5CC[C@]43C)[C@@H]2C1. The van der Waals surface area contributed by atoms with Gasteiger partial charge in [-0.05, 0) is 104 Å². The van der Waals surface area contributed by atoms with Gasteiger partial charge >= 0.3 is 5.97 Å². The molecule has 5 aliphatic carbocycles. The summed E-state index contributed by atoms with van der Waals surface area (Å²) in [6, 6.07) is 0. The summed E-state index contributed by atoms with van der Waals surface area (Å²) in [4.78, 5) is 12.9. The van der Waals surface area contributed by atoms with Crippen LogP contribution >= 0.6 is 0 Å². The van der Waals surface area contributed by atoms with Crippen LogP contribution in [0.4, 0.5) is 0 Å². The standard InChI is InChI=1S/C31H50O5/c1-26(2)21-10-13-29(5)22(28(21,4)12-11-23(26)33)9-8-19-20-16-27(3,25(35)36-7)14-15-31(20,18-32)24(34)17-30(19,29)6/h8,20-24,32-34H,9-18H2,1-7H3/t20-,21-,22+,23-,24+,27-,28-,29+,30+,31+/m0/s1. The highest BCUT2D eigenvalue weighted by Gasteiger charge is 2.70. The van der Waals surface area contributed by atoms with Crippen molar-refractivity contribution >= 4 is 5.97 Å². The van der Waals surface area contributed by atoms with E-state index in [4.69, 9.17) is 4.74 Å². The van der Waals surface area contributed by atoms with Gasteiger partial charge in [-0.2, -0.15) is 0 Å². The normalized spacial score (nSPS) is 53.7. The van der Waals surface area contributed by atoms with Crippen LogP contribution in [0.5, 0.6) is 0 Å². The van der Waals surface area contributed by atoms with E-state index in [0.717, 1.165) is 32.1 Å². The van der Waals surface area contributed by atoms with E-state index >= 15 is 0 Å². The van der Waals surface area contributed by atoms with Crippen molar-refractivity contribution < 1.29 is 24.9 Å². The monoisotopic (exact) mass is 502 g/mol. The van der Waals surface area contributed by atoms with E-state index in [1.54, 1.807) is 0 Å². The number of esters is 1. The van der Waals surface area contributed by atoms with Gasteiger partial charge in [0.15, 0.2) is 0 Å². The number of carbonyl (C=O) groups is 1. The Morgan fingerprint density at radius 1 is 0.944 bits per heavy atom. The highest BCUT2D eigenvalue weighted by atomic mass is 16.5. The number of rotatable bonds is 2. The van der Waals surface area contributed by atoms with Gasteiger partial charge in [-0.15, -0.1) is 0 Å². The number of hydrogen-bond acceptors (Lipinski definition) is 5. The molecule has 0 aliphatic heterocycles. The van der Waals surface area contributed by atoms with Gasteiger partial charge in [0.25, 0.3) is 0 Å². The number of aliphatic hydroxyl groups excluding tert-OH is 3. The maximum atomic E-state index is 12.9. The molecule has 0 heterocycles. The van der Waals surface area contributed by atoms with E-state index in [9.17, 15) is 20.1 Å². The Balaban J connectivity index is 1.60. The van der Waals surface area contributed by atoms with Gasteiger partial charge in [-0.1, -0.05) is 46.3 Å². The molecule has 5 heteroatoms. The summed E-state index contributed by atoms with van der Waals surface area (Å²) in [7, 11) is 1.47. The molecule has 5 rings (SSSR count). The topological polar surface area (TPSA) is 87.0 Å². The van der Waals surface area contributed by atoms with Crippen molar-refractivity contribution in [2.45, 2.75) is 112 Å². The summed E-state index contributed by atoms with van der Waals surface area (Å²) in [6.45, 7) is 13.8. The summed E-state index contributed by atoms with van der Waals surface area (Å²) < 4.78 is 5.23. The zero-order chi connectivity index (χ0) is 26.5. The molecule has 204 valence electrons. The smallest absolute Gasteiger partial charge is 0.311 e. The number of ether oxygens (including phenoxy) is 1. The second-order valence-electron chi connectivity index (χ2n) is 15.1. The number of allylic oxidation sites excluding steroid dienone is 2. The van der Waals surface area contributed by atoms with Crippen molar-refractivity contribution in [2.75, 3.05) is 13.7 Å². The Hall–Kier alpha value is -0.910. The second kappa shape index (κ2) is 8.05. The molecule has 5 aliphatic rings. The van der Waals surface area contributed by atoms with Crippen LogP contribution in [-0.4, -0.2) is 47.2 Å². The molecule has 0 bridgehead atoms. The zero-order valence-corrected chi connectivity index (χ0v) is 23.7. The molecule has 0 aromatic carbocycles. The Morgan fingerprint density at radius 2 is 1.64 bits per heavy atom. The second-order valence-corrected chi connectivity index (χ2v) is 15.1. The van der Waals surface area contributed by atoms with Crippen molar-refractivity contribution in [1.29, 1.82) is 0 Å². The van der Waals surface area contributed by atoms with Crippen LogP contribution < -0.4 is 0 Å². The molecule has 0 amide bonds. The van der Waals surface area contributed by atoms with Gasteiger partial charge in [0.1, 0.15) is 0 Å². The largest absolute Gasteiger partial charge is 0.469 e. The maximum Gasteiger partial charge on any atom is 0.311 e. The third-order valence-corrected chi connectivity index (χ3v) is 13.6. The third kappa shape index (κ3) is 3.09. The average Bonchev–Trinajstić information content (AvgIpc) is 2.82. The van der Waals surface area contributed by atoms with E-state index in [1.165, 1.54) is 12.7 Å². The number of hydrogen-bond donors (Lipinski definition) is 3. The van der Waals surface area contributed by atoms with Crippen LogP contribution in [0.25, 0.3) is 0 Å². The lowest BCUT2D eigenvalue weighted by molar-refractivity contribution is -0.219. The predicted molar refractivity (Wildman–Crippen MR) is 140 cm³/mol. The fourth-order valence-electron chi connectivity index (χ4n) is 11.0. The fourth-order valence-corrected chi connectivity index (χ4v) is 11.0. The Labute approximate surface area is 218 Å². The molecule has 0 radical (unpaired) electrons. The molecule has 0 aromatic heterocycles. The highest BCUT2D eigenvalue weighted by molar-refractivity contribution is 5.76. The summed E-state index contributed by atoms with van der Waals surface area (Å²) in [6.07, 6.45) is 9.30. The third-order valence-electron chi connectivity index (χ3n) is 13.6. The van der Waals surface area contributed by atoms with Gasteiger partial charge in [-0.3, -0.25) is 4.79 Å². The molecule has 36 heavy (non-hydrogen) atoms. The Kier molecular flexibility index (Phi) is 5.97. The molecule has 3 N–H and O–H groups in total. The minimum atomic E-state index is -0.595. The lowest BCUT2D eigenvalue weighted by Crippen LogP contribution is -2.67. The van der Waals surface area contributed by atoms with Crippen LogP contribution in [0, 0.1) is 50.2 Å². The number of fused-ring (bicyclic) bond motifs is 7. The number of carbonyl (C=O) groups excluding carboxylic acids is 1. The lowest BCUT2D eigenvalue weighted by Gasteiger charge is -2.72. The quantitative estimate of drug-likeness (QED) is 0.354. The first-order valence-corrected chi connectivity index (χ1v) is 14.4. The van der Waals surface area contributed by atoms with E-state index in [1.807, 2.05) is 6.92 Å². The summed E-state index contributed by atoms with van der Waals surface area (Å²) in [5.41, 5.74) is 0.0754. The van der Waals surface area contributed by atoms with Crippen LogP contribution in [0.1, 0.15) is 99.3 Å². The van der Waals surface area contributed by atoms with Gasteiger partial charge < -0.3 is 20.1 Å². The molecule has 0 spiro atoms. The van der Waals surface area contributed by atoms with Gasteiger partial charge in [0.05, 0.1) is 31.3 Å². The van der Waals surface area contributed by atoms with Gasteiger partial charge in [0.2, 0.25) is 0 Å². The molecule has 0 aromatic rings. The predicted octanol–water partition coefficient (Wildman–Crippen LogP) is 5.27. The zero-order valence-electron chi connectivity index (χ0n) is 23.7. The van der Waals surface area contributed by atoms with Crippen molar-refractivity contribution in [3.63, 3.8) is 0 Å². The molecular weight excluding hydrogens is 452 g/mol. The number of methoxy groups -OCH3 is 1. The number of aliphatic hydroxyl groups is 3. The highest BCUT2D eigenvalue weighted by Crippen LogP contribution is 2.75. The molecule has 5 nitrogen and oxygen atoms in total. The van der Waals surface area contributed by atoms with Gasteiger partial charge in [-0.25, -0.2) is 0 Å². The van der Waals surface area contributed by atoms with Crippen LogP contribution in [0.2, 0.25) is 0 Å². The van der Waals surface area contributed by atoms with Crippen molar-refractivity contribution in [3.8, 4) is 0 Å². The summed E-state index contributed by atoms with van der Waals surface area (Å²) in [5.74, 6) is 0.760. The first kappa shape index (κ1) is 26.7. The molecule has 0 unspecified atom stereocenters. The van der Waals surface area contributed by atoms with Crippen molar-refractivity contribution in [2.24, 2.45) is 50.2 Å². The molecule has 4 fully saturated rings. The van der Waals surface area contributed by atoms with E-state index in [-0.39, 0.29) is 46.3 Å². The van der Waals surface area contributed by atoms with Crippen molar-refractivity contribution in [1.82, 2.24) is 0 Å². The minimum Gasteiger partial charge on any atom is -0.469 e. The Bertz CT molecular complexity index is 957. The molecule has 0 saturated heterocycles.